The second-order valence-corrected chi connectivity index (χ2v) is 16.9. The minimum absolute atomic E-state index is 0.189. The summed E-state index contributed by atoms with van der Waals surface area (Å²) >= 11 is 0. The van der Waals surface area contributed by atoms with Gasteiger partial charge in [-0.05, 0) is 17.3 Å². The van der Waals surface area contributed by atoms with E-state index >= 15 is 0 Å². The average molecular weight is 733 g/mol. The van der Waals surface area contributed by atoms with Crippen LogP contribution in [0.2, 0.25) is 0 Å². The molecule has 0 radical (unpaired) electrons. The highest BCUT2D eigenvalue weighted by Crippen LogP contribution is 2.32. The van der Waals surface area contributed by atoms with Gasteiger partial charge >= 0.3 is 5.97 Å². The van der Waals surface area contributed by atoms with Crippen LogP contribution in [0.25, 0.3) is 11.2 Å². The summed E-state index contributed by atoms with van der Waals surface area (Å²) in [7, 11) is -4.23. The number of ether oxygens (including phenoxy) is 1. The van der Waals surface area contributed by atoms with E-state index < -0.39 is 46.7 Å². The molecule has 0 amide bonds. The van der Waals surface area contributed by atoms with Crippen LogP contribution in [-0.2, 0) is 30.5 Å². The molecule has 2 aromatic heterocycles. The second kappa shape index (κ2) is 23.4. The molecule has 6 atom stereocenters. The maximum absolute atomic E-state index is 10.8. The van der Waals surface area contributed by atoms with E-state index in [0.29, 0.717) is 35.5 Å². The van der Waals surface area contributed by atoms with Crippen molar-refractivity contribution in [2.75, 3.05) is 29.2 Å². The maximum Gasteiger partial charge on any atom is 0.320 e. The maximum atomic E-state index is 10.8. The third-order valence-electron chi connectivity index (χ3n) is 8.79. The van der Waals surface area contributed by atoms with Crippen LogP contribution < -0.4 is 11.5 Å². The first kappa shape index (κ1) is 43.1. The van der Waals surface area contributed by atoms with Gasteiger partial charge in [0.25, 0.3) is 0 Å². The van der Waals surface area contributed by atoms with E-state index in [2.05, 4.69) is 21.9 Å². The molecule has 7 N–H and O–H groups in total. The number of nitrogen functional groups attached to an aromatic ring is 1. The number of nitrogens with zero attached hydrogens (tertiary/aromatic N) is 4. The quantitative estimate of drug-likeness (QED) is 0.0586. The van der Waals surface area contributed by atoms with Crippen molar-refractivity contribution >= 4 is 44.0 Å². The number of carbonyl (C=O) groups is 1. The Morgan fingerprint density at radius 3 is 1.98 bits per heavy atom. The van der Waals surface area contributed by atoms with Gasteiger partial charge in [-0.25, -0.2) is 23.4 Å². The van der Waals surface area contributed by atoms with E-state index in [1.54, 1.807) is 0 Å². The second-order valence-electron chi connectivity index (χ2n) is 13.1. The molecule has 0 spiro atoms. The lowest BCUT2D eigenvalue weighted by atomic mass is 10.0. The molecule has 1 aliphatic rings. The van der Waals surface area contributed by atoms with Crippen LogP contribution in [-0.4, -0.2) is 102 Å². The van der Waals surface area contributed by atoms with Gasteiger partial charge in [-0.2, -0.15) is 0 Å². The fourth-order valence-corrected chi connectivity index (χ4v) is 8.01. The number of aromatic nitrogens is 4. The molecular weight excluding hydrogens is 673 g/mol. The smallest absolute Gasteiger partial charge is 0.320 e. The van der Waals surface area contributed by atoms with E-state index in [9.17, 15) is 28.0 Å². The van der Waals surface area contributed by atoms with Gasteiger partial charge in [0.15, 0.2) is 17.7 Å². The third kappa shape index (κ3) is 16.7. The third-order valence-corrected chi connectivity index (χ3v) is 11.4. The number of fused-ring (bicyclic) bond motifs is 1. The Hall–Kier alpha value is -2.08. The van der Waals surface area contributed by atoms with Gasteiger partial charge in [0.2, 0.25) is 0 Å². The molecule has 3 rings (SSSR count). The molecular formula is C33H60N6O8S2. The van der Waals surface area contributed by atoms with Crippen molar-refractivity contribution in [2.24, 2.45) is 5.73 Å². The first-order valence-electron chi connectivity index (χ1n) is 17.8. The molecule has 1 fully saturated rings. The Balaban J connectivity index is 0.000000349. The molecule has 1 aliphatic heterocycles. The lowest BCUT2D eigenvalue weighted by molar-refractivity contribution is -0.138. The Bertz CT molecular complexity index is 1320. The monoisotopic (exact) mass is 732 g/mol. The molecule has 2 aromatic rings. The number of imidazole rings is 1. The topological polar surface area (TPSA) is 240 Å². The number of rotatable bonds is 24. The van der Waals surface area contributed by atoms with E-state index in [1.807, 2.05) is 6.26 Å². The fraction of sp³-hybridized carbons (Fsp3) is 0.818. The van der Waals surface area contributed by atoms with Gasteiger partial charge in [-0.1, -0.05) is 103 Å². The van der Waals surface area contributed by atoms with E-state index in [1.165, 1.54) is 101 Å². The van der Waals surface area contributed by atoms with E-state index in [-0.39, 0.29) is 22.5 Å². The molecule has 282 valence electrons. The Morgan fingerprint density at radius 1 is 0.939 bits per heavy atom. The largest absolute Gasteiger partial charge is 0.748 e. The summed E-state index contributed by atoms with van der Waals surface area (Å²) in [5.74, 6) is 0.0653. The van der Waals surface area contributed by atoms with Gasteiger partial charge in [-0.3, -0.25) is 9.36 Å². The summed E-state index contributed by atoms with van der Waals surface area (Å²) in [4.78, 5) is 23.0. The minimum Gasteiger partial charge on any atom is -0.748 e. The standard InChI is InChI=1S/C18H38O3S.C15H22N6O5S/c1-2-3-4-5-6-7-8-9-10-11-12-13-14-15-16-17-18-22(19,20)21;1-27(3-2-7(16)15(24)25)4-8-10(22)11(23)14(26-8)21-6-20-9-12(17)18-5-19-13(9)21/h2-18H2,1H3,(H,19,20,21);5-8,10-11,14,22-23H,2-4,16H2,1H3,(H2-,17,18,19,24,25)/t;7-,8+,10+,11+,14+,27?/m.0/s1. The zero-order chi connectivity index (χ0) is 36.2. The average Bonchev–Trinajstić information content (AvgIpc) is 3.60. The predicted molar refractivity (Wildman–Crippen MR) is 193 cm³/mol. The molecule has 14 nitrogen and oxygen atoms in total. The normalized spacial score (nSPS) is 20.6. The summed E-state index contributed by atoms with van der Waals surface area (Å²) in [6.45, 7) is 2.26. The van der Waals surface area contributed by atoms with E-state index in [0.717, 1.165) is 12.8 Å². The van der Waals surface area contributed by atoms with Crippen molar-refractivity contribution in [1.82, 2.24) is 19.5 Å². The summed E-state index contributed by atoms with van der Waals surface area (Å²) in [5, 5.41) is 29.7. The van der Waals surface area contributed by atoms with Crippen LogP contribution >= 0.6 is 0 Å². The highest BCUT2D eigenvalue weighted by Gasteiger charge is 2.46. The number of hydrogen-bond donors (Lipinski definition) is 5. The van der Waals surface area contributed by atoms with Gasteiger partial charge < -0.3 is 36.1 Å². The van der Waals surface area contributed by atoms with Crippen molar-refractivity contribution in [3.8, 4) is 0 Å². The van der Waals surface area contributed by atoms with Gasteiger partial charge in [0.1, 0.15) is 47.7 Å². The van der Waals surface area contributed by atoms with Crippen LogP contribution in [0.4, 0.5) is 5.82 Å². The number of aliphatic hydroxyl groups is 2. The summed E-state index contributed by atoms with van der Waals surface area (Å²) in [6.07, 6.45) is 21.4. The highest BCUT2D eigenvalue weighted by atomic mass is 32.2. The van der Waals surface area contributed by atoms with Crippen LogP contribution in [0.5, 0.6) is 0 Å². The molecule has 0 aliphatic carbocycles. The zero-order valence-corrected chi connectivity index (χ0v) is 31.0. The molecule has 0 saturated carbocycles. The number of aliphatic hydroxyl groups excluding tert-OH is 2. The number of hydrogen-bond acceptors (Lipinski definition) is 12. The van der Waals surface area contributed by atoms with Gasteiger partial charge in [0.05, 0.1) is 22.7 Å². The van der Waals surface area contributed by atoms with Crippen molar-refractivity contribution < 1.29 is 37.8 Å². The molecule has 0 aromatic carbocycles. The van der Waals surface area contributed by atoms with Crippen LogP contribution in [0.15, 0.2) is 12.7 Å². The summed E-state index contributed by atoms with van der Waals surface area (Å²) in [5.41, 5.74) is 12.1. The van der Waals surface area contributed by atoms with Crippen molar-refractivity contribution in [3.05, 3.63) is 12.7 Å². The fourth-order valence-electron chi connectivity index (χ4n) is 5.80. The first-order chi connectivity index (χ1) is 23.4. The number of aliphatic carboxylic acids is 1. The molecule has 1 saturated heterocycles. The van der Waals surface area contributed by atoms with Crippen LogP contribution in [0.1, 0.15) is 122 Å². The number of nitrogens with two attached hydrogens (primary N) is 2. The molecule has 49 heavy (non-hydrogen) atoms. The molecule has 16 heteroatoms. The number of anilines is 1. The molecule has 0 bridgehead atoms. The van der Waals surface area contributed by atoms with Crippen LogP contribution in [0, 0.1) is 0 Å². The van der Waals surface area contributed by atoms with Crippen molar-refractivity contribution in [1.29, 1.82) is 0 Å². The number of carboxylic acid groups (broad SMARTS) is 1. The molecule has 1 unspecified atom stereocenters. The zero-order valence-electron chi connectivity index (χ0n) is 29.3. The first-order valence-corrected chi connectivity index (χ1v) is 21.4. The number of carboxylic acids is 1. The number of unbranched alkanes of at least 4 members (excludes halogenated alkanes) is 15. The Morgan fingerprint density at radius 2 is 1.47 bits per heavy atom. The Kier molecular flexibility index (Phi) is 20.6. The summed E-state index contributed by atoms with van der Waals surface area (Å²) in [6, 6.07) is -0.907. The Labute approximate surface area is 294 Å². The predicted octanol–water partition coefficient (Wildman–Crippen LogP) is 3.87. The van der Waals surface area contributed by atoms with Crippen molar-refractivity contribution in [3.63, 3.8) is 0 Å². The minimum atomic E-state index is -3.99. The van der Waals surface area contributed by atoms with Gasteiger partial charge in [-0.15, -0.1) is 0 Å². The SMILES string of the molecule is CCCCCCCCCCCCCCCCCCS(=O)(=O)[O-].C[S+](CC[C@H](N)C(=O)O)C[C@H]1O[C@@H](n2cnc3c(N)ncnc32)[C@H](O)[C@@H]1O. The van der Waals surface area contributed by atoms with E-state index in [4.69, 9.17) is 21.3 Å². The van der Waals surface area contributed by atoms with Gasteiger partial charge in [0, 0.05) is 12.2 Å². The van der Waals surface area contributed by atoms with Crippen LogP contribution in [0.3, 0.4) is 0 Å². The molecule has 3 heterocycles. The van der Waals surface area contributed by atoms with Crippen molar-refractivity contribution in [2.45, 2.75) is 147 Å². The lowest BCUT2D eigenvalue weighted by Gasteiger charge is -2.16. The highest BCUT2D eigenvalue weighted by molar-refractivity contribution is 7.96. The lowest BCUT2D eigenvalue weighted by Crippen LogP contribution is -2.37. The summed E-state index contributed by atoms with van der Waals surface area (Å²) < 4.78 is 38.7.